The van der Waals surface area contributed by atoms with Crippen LogP contribution in [-0.4, -0.2) is 68.4 Å². The number of para-hydroxylation sites is 1. The van der Waals surface area contributed by atoms with Crippen LogP contribution in [0, 0.1) is 5.92 Å². The van der Waals surface area contributed by atoms with Crippen LogP contribution >= 0.6 is 0 Å². The fraction of sp³-hybridized carbons (Fsp3) is 0.536. The molecule has 0 unspecified atom stereocenters. The molecular weight excluding hydrogens is 484 g/mol. The minimum Gasteiger partial charge on any atom is -0.368 e. The van der Waals surface area contributed by atoms with Crippen LogP contribution in [0.15, 0.2) is 30.5 Å². The molecular formula is C28H34N6O4. The van der Waals surface area contributed by atoms with Gasteiger partial charge in [-0.05, 0) is 51.2 Å². The lowest BCUT2D eigenvalue weighted by molar-refractivity contribution is -0.141. The van der Waals surface area contributed by atoms with Gasteiger partial charge >= 0.3 is 0 Å². The van der Waals surface area contributed by atoms with E-state index < -0.39 is 23.4 Å². The summed E-state index contributed by atoms with van der Waals surface area (Å²) in [5.41, 5.74) is 7.23. The zero-order valence-electron chi connectivity index (χ0n) is 22.1. The third-order valence-electron chi connectivity index (χ3n) is 8.57. The van der Waals surface area contributed by atoms with E-state index in [1.165, 1.54) is 4.90 Å². The molecule has 0 bridgehead atoms. The van der Waals surface area contributed by atoms with Crippen LogP contribution in [-0.2, 0) is 31.8 Å². The molecule has 3 aliphatic heterocycles. The number of nitrogens with two attached hydrogens (primary N) is 1. The predicted octanol–water partition coefficient (Wildman–Crippen LogP) is 1.78. The first-order chi connectivity index (χ1) is 18.0. The van der Waals surface area contributed by atoms with Crippen molar-refractivity contribution in [2.45, 2.75) is 75.9 Å². The van der Waals surface area contributed by atoms with Gasteiger partial charge in [0.2, 0.25) is 17.7 Å². The molecule has 4 aliphatic rings. The molecule has 1 aliphatic carbocycles. The first-order valence-electron chi connectivity index (χ1n) is 13.4. The molecule has 38 heavy (non-hydrogen) atoms. The zero-order valence-corrected chi connectivity index (χ0v) is 22.1. The van der Waals surface area contributed by atoms with Gasteiger partial charge in [0.05, 0.1) is 22.2 Å². The first kappa shape index (κ1) is 24.6. The number of amides is 4. The molecule has 4 amide bonds. The number of hydrogen-bond donors (Lipinski definition) is 2. The minimum atomic E-state index is -1.04. The van der Waals surface area contributed by atoms with Crippen molar-refractivity contribution < 1.29 is 19.2 Å². The Bertz CT molecular complexity index is 1360. The maximum absolute atomic E-state index is 14.3. The van der Waals surface area contributed by atoms with Crippen molar-refractivity contribution in [1.82, 2.24) is 19.6 Å². The Labute approximate surface area is 221 Å². The van der Waals surface area contributed by atoms with Crippen LogP contribution in [0.3, 0.4) is 0 Å². The fourth-order valence-electron chi connectivity index (χ4n) is 6.24. The number of benzene rings is 1. The van der Waals surface area contributed by atoms with Gasteiger partial charge < -0.3 is 20.9 Å². The third kappa shape index (κ3) is 3.80. The highest BCUT2D eigenvalue weighted by atomic mass is 16.2. The van der Waals surface area contributed by atoms with E-state index in [9.17, 15) is 19.2 Å². The number of carbonyl (C=O) groups is 4. The van der Waals surface area contributed by atoms with E-state index >= 15 is 0 Å². The van der Waals surface area contributed by atoms with Crippen molar-refractivity contribution in [3.8, 4) is 0 Å². The van der Waals surface area contributed by atoms with E-state index in [1.54, 1.807) is 15.8 Å². The van der Waals surface area contributed by atoms with Crippen LogP contribution in [0.4, 0.5) is 5.69 Å². The summed E-state index contributed by atoms with van der Waals surface area (Å²) in [4.78, 5) is 57.0. The van der Waals surface area contributed by atoms with Gasteiger partial charge in [-0.25, -0.2) is 0 Å². The molecule has 1 spiro atoms. The van der Waals surface area contributed by atoms with E-state index in [0.29, 0.717) is 36.6 Å². The van der Waals surface area contributed by atoms with Crippen molar-refractivity contribution in [3.63, 3.8) is 0 Å². The Kier molecular flexibility index (Phi) is 5.45. The Morgan fingerprint density at radius 3 is 2.63 bits per heavy atom. The average molecular weight is 519 g/mol. The van der Waals surface area contributed by atoms with E-state index in [2.05, 4.69) is 10.4 Å². The lowest BCUT2D eigenvalue weighted by atomic mass is 9.79. The summed E-state index contributed by atoms with van der Waals surface area (Å²) < 4.78 is 1.81. The molecule has 3 N–H and O–H groups in total. The molecule has 2 aromatic rings. The summed E-state index contributed by atoms with van der Waals surface area (Å²) in [6.45, 7) is 6.51. The molecule has 10 nitrogen and oxygen atoms in total. The van der Waals surface area contributed by atoms with Gasteiger partial charge in [-0.1, -0.05) is 31.0 Å². The quantitative estimate of drug-likeness (QED) is 0.623. The number of carbonyl (C=O) groups excluding carboxylic acids is 4. The van der Waals surface area contributed by atoms with Gasteiger partial charge in [0, 0.05) is 31.4 Å². The summed E-state index contributed by atoms with van der Waals surface area (Å²) in [6, 6.07) is 5.72. The highest BCUT2D eigenvalue weighted by molar-refractivity contribution is 6.08. The van der Waals surface area contributed by atoms with Crippen molar-refractivity contribution in [3.05, 3.63) is 47.3 Å². The number of likely N-dealkylation sites (tertiary alicyclic amines) is 1. The van der Waals surface area contributed by atoms with Gasteiger partial charge in [0.25, 0.3) is 5.91 Å². The molecule has 1 aromatic carbocycles. The maximum atomic E-state index is 14.3. The average Bonchev–Trinajstić information content (AvgIpc) is 3.31. The Balaban J connectivity index is 1.33. The number of primary amides is 1. The zero-order chi connectivity index (χ0) is 27.0. The molecule has 1 saturated carbocycles. The molecule has 1 saturated heterocycles. The summed E-state index contributed by atoms with van der Waals surface area (Å²) in [6.07, 6.45) is 5.02. The van der Waals surface area contributed by atoms with Crippen LogP contribution < -0.4 is 11.1 Å². The summed E-state index contributed by atoms with van der Waals surface area (Å²) in [5.74, 6) is -1.04. The molecule has 200 valence electrons. The monoisotopic (exact) mass is 518 g/mol. The van der Waals surface area contributed by atoms with Crippen LogP contribution in [0.5, 0.6) is 0 Å². The Morgan fingerprint density at radius 1 is 1.21 bits per heavy atom. The van der Waals surface area contributed by atoms with E-state index in [1.807, 2.05) is 45.0 Å². The standard InChI is InChI=1S/C28H34N6O4/c1-27(2,3)34-14-17-19(31-34)10-11-32(24(17)36)21(12-16-8-9-16)25(37)33-15-28(13-22(33)23(29)35)18-6-4-5-7-20(18)30-26(28)38/h4-7,14,16,21-22H,8-13,15H2,1-3H3,(H2,29,35)(H,30,38)/t21-,22-,28-/m0/s1. The highest BCUT2D eigenvalue weighted by Crippen LogP contribution is 2.47. The van der Waals surface area contributed by atoms with Gasteiger partial charge in [-0.3, -0.25) is 23.9 Å². The van der Waals surface area contributed by atoms with Crippen molar-refractivity contribution in [2.24, 2.45) is 11.7 Å². The van der Waals surface area contributed by atoms with Crippen LogP contribution in [0.25, 0.3) is 0 Å². The molecule has 2 fully saturated rings. The number of rotatable bonds is 5. The second-order valence-electron chi connectivity index (χ2n) is 12.2. The predicted molar refractivity (Wildman–Crippen MR) is 139 cm³/mol. The summed E-state index contributed by atoms with van der Waals surface area (Å²) in [7, 11) is 0. The second kappa shape index (κ2) is 8.41. The number of hydrogen-bond acceptors (Lipinski definition) is 5. The Morgan fingerprint density at radius 2 is 1.95 bits per heavy atom. The van der Waals surface area contributed by atoms with Crippen molar-refractivity contribution in [2.75, 3.05) is 18.4 Å². The minimum absolute atomic E-state index is 0.0543. The topological polar surface area (TPSA) is 131 Å². The van der Waals surface area contributed by atoms with E-state index in [4.69, 9.17) is 5.73 Å². The molecule has 1 aromatic heterocycles. The number of nitrogens with zero attached hydrogens (tertiary/aromatic N) is 4. The number of anilines is 1. The number of aromatic nitrogens is 2. The lowest BCUT2D eigenvalue weighted by Gasteiger charge is -2.36. The maximum Gasteiger partial charge on any atom is 0.258 e. The number of fused-ring (bicyclic) bond motifs is 3. The van der Waals surface area contributed by atoms with Crippen molar-refractivity contribution in [1.29, 1.82) is 0 Å². The van der Waals surface area contributed by atoms with Crippen LogP contribution in [0.1, 0.15) is 68.1 Å². The molecule has 10 heteroatoms. The van der Waals surface area contributed by atoms with Crippen LogP contribution in [0.2, 0.25) is 0 Å². The Hall–Kier alpha value is -3.69. The lowest BCUT2D eigenvalue weighted by Crippen LogP contribution is -2.56. The molecule has 0 radical (unpaired) electrons. The first-order valence-corrected chi connectivity index (χ1v) is 13.4. The normalized spacial score (nSPS) is 25.4. The summed E-state index contributed by atoms with van der Waals surface area (Å²) in [5, 5.41) is 7.56. The van der Waals surface area contributed by atoms with E-state index in [0.717, 1.165) is 24.1 Å². The van der Waals surface area contributed by atoms with Crippen molar-refractivity contribution >= 4 is 29.3 Å². The van der Waals surface area contributed by atoms with Gasteiger partial charge in [0.15, 0.2) is 0 Å². The largest absolute Gasteiger partial charge is 0.368 e. The van der Waals surface area contributed by atoms with E-state index in [-0.39, 0.29) is 36.2 Å². The SMILES string of the molecule is CC(C)(C)n1cc2c(n1)CCN([C@@H](CC1CC1)C(=O)N1C[C@]3(C[C@H]1C(N)=O)C(=O)Nc1ccccc13)C2=O. The molecule has 4 heterocycles. The molecule has 3 atom stereocenters. The van der Waals surface area contributed by atoms with Gasteiger partial charge in [-0.15, -0.1) is 0 Å². The molecule has 6 rings (SSSR count). The van der Waals surface area contributed by atoms with Gasteiger partial charge in [0.1, 0.15) is 12.1 Å². The van der Waals surface area contributed by atoms with Gasteiger partial charge in [-0.2, -0.15) is 5.10 Å². The summed E-state index contributed by atoms with van der Waals surface area (Å²) >= 11 is 0. The fourth-order valence-corrected chi connectivity index (χ4v) is 6.24. The second-order valence-corrected chi connectivity index (χ2v) is 12.2. The highest BCUT2D eigenvalue weighted by Gasteiger charge is 2.58. The number of nitrogens with one attached hydrogen (secondary N) is 1. The third-order valence-corrected chi connectivity index (χ3v) is 8.57. The smallest absolute Gasteiger partial charge is 0.258 e.